The summed E-state index contributed by atoms with van der Waals surface area (Å²) in [4.78, 5) is 22.7. The maximum absolute atomic E-state index is 11.5. The van der Waals surface area contributed by atoms with Gasteiger partial charge in [0, 0.05) is 19.5 Å². The van der Waals surface area contributed by atoms with Crippen molar-refractivity contribution in [3.05, 3.63) is 24.3 Å². The molecule has 6 nitrogen and oxygen atoms in total. The highest BCUT2D eigenvalue weighted by molar-refractivity contribution is 5.79. The molecule has 6 heteroatoms. The Bertz CT molecular complexity index is 431. The van der Waals surface area contributed by atoms with E-state index in [1.54, 1.807) is 12.1 Å². The van der Waals surface area contributed by atoms with Crippen LogP contribution in [0.3, 0.4) is 0 Å². The lowest BCUT2D eigenvalue weighted by atomic mass is 10.3. The van der Waals surface area contributed by atoms with Crippen molar-refractivity contribution in [1.29, 1.82) is 0 Å². The Morgan fingerprint density at radius 2 is 1.75 bits per heavy atom. The second-order valence-electron chi connectivity index (χ2n) is 4.23. The van der Waals surface area contributed by atoms with Crippen LogP contribution in [0.5, 0.6) is 11.5 Å². The lowest BCUT2D eigenvalue weighted by Gasteiger charge is -2.07. The van der Waals surface area contributed by atoms with Gasteiger partial charge in [-0.1, -0.05) is 6.92 Å². The first kappa shape index (κ1) is 15.8. The van der Waals surface area contributed by atoms with Crippen molar-refractivity contribution < 1.29 is 19.4 Å². The SMILES string of the molecule is CCCNC(=O)CCNC(=O)COc1ccc(O)cc1. The number of rotatable bonds is 8. The lowest BCUT2D eigenvalue weighted by Crippen LogP contribution is -2.33. The predicted octanol–water partition coefficient (Wildman–Crippen LogP) is 0.803. The fourth-order valence-electron chi connectivity index (χ4n) is 1.41. The summed E-state index contributed by atoms with van der Waals surface area (Å²) in [6.45, 7) is 2.79. The summed E-state index contributed by atoms with van der Waals surface area (Å²) < 4.78 is 5.22. The molecule has 0 spiro atoms. The predicted molar refractivity (Wildman–Crippen MR) is 74.5 cm³/mol. The molecule has 2 amide bonds. The van der Waals surface area contributed by atoms with Crippen LogP contribution in [0, 0.1) is 0 Å². The summed E-state index contributed by atoms with van der Waals surface area (Å²) in [5, 5.41) is 14.4. The third-order valence-electron chi connectivity index (χ3n) is 2.45. The molecular weight excluding hydrogens is 260 g/mol. The summed E-state index contributed by atoms with van der Waals surface area (Å²) in [6, 6.07) is 6.10. The molecule has 0 radical (unpaired) electrons. The molecule has 1 rings (SSSR count). The van der Waals surface area contributed by atoms with Crippen molar-refractivity contribution in [2.75, 3.05) is 19.7 Å². The number of phenols is 1. The smallest absolute Gasteiger partial charge is 0.257 e. The fraction of sp³-hybridized carbons (Fsp3) is 0.429. The van der Waals surface area contributed by atoms with Gasteiger partial charge in [-0.2, -0.15) is 0 Å². The Morgan fingerprint density at radius 1 is 1.10 bits per heavy atom. The van der Waals surface area contributed by atoms with Crippen LogP contribution in [0.1, 0.15) is 19.8 Å². The Hall–Kier alpha value is -2.24. The van der Waals surface area contributed by atoms with E-state index in [-0.39, 0.29) is 37.1 Å². The zero-order valence-corrected chi connectivity index (χ0v) is 11.5. The molecule has 110 valence electrons. The minimum Gasteiger partial charge on any atom is -0.508 e. The maximum Gasteiger partial charge on any atom is 0.257 e. The van der Waals surface area contributed by atoms with Crippen molar-refractivity contribution in [3.8, 4) is 11.5 Å². The van der Waals surface area contributed by atoms with E-state index in [0.29, 0.717) is 12.3 Å². The number of carbonyl (C=O) groups excluding carboxylic acids is 2. The number of hydrogen-bond acceptors (Lipinski definition) is 4. The molecule has 0 saturated carbocycles. The van der Waals surface area contributed by atoms with Crippen LogP contribution >= 0.6 is 0 Å². The van der Waals surface area contributed by atoms with E-state index in [4.69, 9.17) is 9.84 Å². The summed E-state index contributed by atoms with van der Waals surface area (Å²) in [5.74, 6) is 0.270. The van der Waals surface area contributed by atoms with Gasteiger partial charge in [-0.25, -0.2) is 0 Å². The Labute approximate surface area is 118 Å². The van der Waals surface area contributed by atoms with E-state index in [2.05, 4.69) is 10.6 Å². The summed E-state index contributed by atoms with van der Waals surface area (Å²) in [7, 11) is 0. The third kappa shape index (κ3) is 6.63. The van der Waals surface area contributed by atoms with Crippen LogP contribution in [-0.2, 0) is 9.59 Å². The van der Waals surface area contributed by atoms with Gasteiger partial charge in [-0.15, -0.1) is 0 Å². The number of benzene rings is 1. The maximum atomic E-state index is 11.5. The van der Waals surface area contributed by atoms with E-state index >= 15 is 0 Å². The van der Waals surface area contributed by atoms with Crippen LogP contribution in [0.15, 0.2) is 24.3 Å². The molecule has 0 unspecified atom stereocenters. The summed E-state index contributed by atoms with van der Waals surface area (Å²) in [6.07, 6.45) is 1.14. The van der Waals surface area contributed by atoms with E-state index in [1.807, 2.05) is 6.92 Å². The van der Waals surface area contributed by atoms with Crippen LogP contribution < -0.4 is 15.4 Å². The minimum atomic E-state index is -0.290. The molecule has 0 fully saturated rings. The second kappa shape index (κ2) is 8.79. The van der Waals surface area contributed by atoms with Crippen molar-refractivity contribution in [2.45, 2.75) is 19.8 Å². The first-order valence-corrected chi connectivity index (χ1v) is 6.57. The van der Waals surface area contributed by atoms with Gasteiger partial charge in [0.2, 0.25) is 5.91 Å². The van der Waals surface area contributed by atoms with Crippen molar-refractivity contribution in [2.24, 2.45) is 0 Å². The van der Waals surface area contributed by atoms with Gasteiger partial charge in [0.15, 0.2) is 6.61 Å². The topological polar surface area (TPSA) is 87.7 Å². The number of aromatic hydroxyl groups is 1. The van der Waals surface area contributed by atoms with Crippen LogP contribution in [0.25, 0.3) is 0 Å². The first-order chi connectivity index (χ1) is 9.61. The normalized spacial score (nSPS) is 9.85. The number of hydrogen-bond donors (Lipinski definition) is 3. The molecule has 0 aromatic heterocycles. The quantitative estimate of drug-likeness (QED) is 0.657. The fourth-order valence-corrected chi connectivity index (χ4v) is 1.41. The summed E-state index contributed by atoms with van der Waals surface area (Å²) >= 11 is 0. The molecule has 1 aromatic rings. The van der Waals surface area contributed by atoms with Crippen LogP contribution in [0.2, 0.25) is 0 Å². The number of nitrogens with one attached hydrogen (secondary N) is 2. The van der Waals surface area contributed by atoms with Gasteiger partial charge in [0.05, 0.1) is 0 Å². The van der Waals surface area contributed by atoms with Crippen molar-refractivity contribution >= 4 is 11.8 Å². The highest BCUT2D eigenvalue weighted by Crippen LogP contribution is 2.15. The monoisotopic (exact) mass is 280 g/mol. The molecule has 0 saturated heterocycles. The van der Waals surface area contributed by atoms with Gasteiger partial charge in [0.25, 0.3) is 5.91 Å². The molecule has 0 aliphatic heterocycles. The average Bonchev–Trinajstić information content (AvgIpc) is 2.44. The molecule has 0 heterocycles. The summed E-state index contributed by atoms with van der Waals surface area (Å²) in [5.41, 5.74) is 0. The molecule has 20 heavy (non-hydrogen) atoms. The number of ether oxygens (including phenoxy) is 1. The number of amides is 2. The van der Waals surface area contributed by atoms with Gasteiger partial charge in [-0.05, 0) is 30.7 Å². The molecule has 0 atom stereocenters. The molecule has 0 bridgehead atoms. The van der Waals surface area contributed by atoms with E-state index in [1.165, 1.54) is 12.1 Å². The molecule has 0 aliphatic rings. The highest BCUT2D eigenvalue weighted by atomic mass is 16.5. The zero-order chi connectivity index (χ0) is 14.8. The van der Waals surface area contributed by atoms with Crippen molar-refractivity contribution in [1.82, 2.24) is 10.6 Å². The van der Waals surface area contributed by atoms with E-state index < -0.39 is 0 Å². The third-order valence-corrected chi connectivity index (χ3v) is 2.45. The number of phenolic OH excluding ortho intramolecular Hbond substituents is 1. The zero-order valence-electron chi connectivity index (χ0n) is 11.5. The second-order valence-corrected chi connectivity index (χ2v) is 4.23. The van der Waals surface area contributed by atoms with Gasteiger partial charge in [0.1, 0.15) is 11.5 Å². The number of carbonyl (C=O) groups is 2. The Balaban J connectivity index is 2.14. The molecular formula is C14H20N2O4. The molecule has 3 N–H and O–H groups in total. The Kier molecular flexibility index (Phi) is 6.95. The van der Waals surface area contributed by atoms with Crippen molar-refractivity contribution in [3.63, 3.8) is 0 Å². The van der Waals surface area contributed by atoms with Gasteiger partial charge < -0.3 is 20.5 Å². The minimum absolute atomic E-state index is 0.0772. The van der Waals surface area contributed by atoms with Gasteiger partial charge >= 0.3 is 0 Å². The largest absolute Gasteiger partial charge is 0.508 e. The van der Waals surface area contributed by atoms with Crippen LogP contribution in [-0.4, -0.2) is 36.6 Å². The molecule has 0 aliphatic carbocycles. The lowest BCUT2D eigenvalue weighted by molar-refractivity contribution is -0.123. The van der Waals surface area contributed by atoms with E-state index in [0.717, 1.165) is 6.42 Å². The molecule has 1 aromatic carbocycles. The average molecular weight is 280 g/mol. The standard InChI is InChI=1S/C14H20N2O4/c1-2-8-15-13(18)7-9-16-14(19)10-20-12-5-3-11(17)4-6-12/h3-6,17H,2,7-10H2,1H3,(H,15,18)(H,16,19). The van der Waals surface area contributed by atoms with E-state index in [9.17, 15) is 9.59 Å². The van der Waals surface area contributed by atoms with Gasteiger partial charge in [-0.3, -0.25) is 9.59 Å². The van der Waals surface area contributed by atoms with Crippen LogP contribution in [0.4, 0.5) is 0 Å². The Morgan fingerprint density at radius 3 is 2.40 bits per heavy atom. The highest BCUT2D eigenvalue weighted by Gasteiger charge is 2.04. The first-order valence-electron chi connectivity index (χ1n) is 6.57.